The van der Waals surface area contributed by atoms with E-state index in [9.17, 15) is 8.42 Å². The molecule has 2 N–H and O–H groups in total. The summed E-state index contributed by atoms with van der Waals surface area (Å²) in [5.41, 5.74) is 0. The summed E-state index contributed by atoms with van der Waals surface area (Å²) in [4.78, 5) is 7.19. The van der Waals surface area contributed by atoms with Crippen molar-refractivity contribution in [3.05, 3.63) is 21.9 Å². The number of hydrogen-bond donors (Lipinski definition) is 2. The minimum absolute atomic E-state index is 0. The van der Waals surface area contributed by atoms with Crippen LogP contribution >= 0.6 is 35.3 Å². The second-order valence-corrected chi connectivity index (χ2v) is 9.85. The molecular weight excluding hydrogens is 445 g/mol. The number of nitrogens with one attached hydrogen (secondary N) is 2. The van der Waals surface area contributed by atoms with Crippen molar-refractivity contribution in [2.24, 2.45) is 10.9 Å². The van der Waals surface area contributed by atoms with Gasteiger partial charge in [-0.05, 0) is 44.2 Å². The van der Waals surface area contributed by atoms with Gasteiger partial charge in [-0.1, -0.05) is 0 Å². The van der Waals surface area contributed by atoms with Crippen LogP contribution in [0.3, 0.4) is 0 Å². The molecule has 0 aromatic carbocycles. The highest BCUT2D eigenvalue weighted by molar-refractivity contribution is 14.0. The third-order valence-electron chi connectivity index (χ3n) is 3.99. The summed E-state index contributed by atoms with van der Waals surface area (Å²) < 4.78 is 23.0. The standard InChI is InChI=1S/C15H23N3O2S2.HI/c1-11-2-5-14(21-11)9-17-15(18-13-3-4-13)16-8-12-6-7-22(19,20)10-12;/h2,5,12-13H,3-4,6-10H2,1H3,(H2,16,17,18);1H. The maximum atomic E-state index is 11.5. The molecule has 1 unspecified atom stereocenters. The van der Waals surface area contributed by atoms with Crippen LogP contribution in [0.25, 0.3) is 0 Å². The summed E-state index contributed by atoms with van der Waals surface area (Å²) >= 11 is 1.77. The van der Waals surface area contributed by atoms with Crippen molar-refractivity contribution in [1.29, 1.82) is 0 Å². The largest absolute Gasteiger partial charge is 0.356 e. The van der Waals surface area contributed by atoms with E-state index in [-0.39, 0.29) is 29.9 Å². The van der Waals surface area contributed by atoms with Gasteiger partial charge < -0.3 is 10.6 Å². The normalized spacial score (nSPS) is 23.3. The van der Waals surface area contributed by atoms with Gasteiger partial charge in [-0.2, -0.15) is 0 Å². The smallest absolute Gasteiger partial charge is 0.191 e. The molecule has 8 heteroatoms. The van der Waals surface area contributed by atoms with Crippen LogP contribution in [0.4, 0.5) is 0 Å². The predicted molar refractivity (Wildman–Crippen MR) is 107 cm³/mol. The molecule has 1 aromatic heterocycles. The van der Waals surface area contributed by atoms with Crippen LogP contribution in [-0.4, -0.2) is 38.5 Å². The van der Waals surface area contributed by atoms with Gasteiger partial charge in [0.2, 0.25) is 0 Å². The zero-order valence-corrected chi connectivity index (χ0v) is 17.2. The van der Waals surface area contributed by atoms with E-state index in [1.54, 1.807) is 11.3 Å². The molecule has 2 heterocycles. The highest BCUT2D eigenvalue weighted by Gasteiger charge is 2.28. The second-order valence-electron chi connectivity index (χ2n) is 6.25. The van der Waals surface area contributed by atoms with Gasteiger partial charge in [0.1, 0.15) is 0 Å². The first kappa shape index (κ1) is 19.0. The Labute approximate surface area is 159 Å². The number of nitrogens with zero attached hydrogens (tertiary/aromatic N) is 1. The van der Waals surface area contributed by atoms with E-state index in [1.807, 2.05) is 0 Å². The Balaban J connectivity index is 0.00000192. The lowest BCUT2D eigenvalue weighted by Gasteiger charge is -2.14. The Morgan fingerprint density at radius 2 is 2.13 bits per heavy atom. The average Bonchev–Trinajstić information content (AvgIpc) is 3.07. The van der Waals surface area contributed by atoms with E-state index in [4.69, 9.17) is 0 Å². The lowest BCUT2D eigenvalue weighted by molar-refractivity contribution is 0.566. The molecule has 1 atom stereocenters. The summed E-state index contributed by atoms with van der Waals surface area (Å²) in [5, 5.41) is 6.73. The van der Waals surface area contributed by atoms with E-state index in [0.717, 1.165) is 12.4 Å². The van der Waals surface area contributed by atoms with E-state index in [2.05, 4.69) is 34.7 Å². The van der Waals surface area contributed by atoms with Crippen LogP contribution in [0.2, 0.25) is 0 Å². The van der Waals surface area contributed by atoms with E-state index < -0.39 is 9.84 Å². The van der Waals surface area contributed by atoms with E-state index in [0.29, 0.717) is 30.6 Å². The zero-order chi connectivity index (χ0) is 15.6. The Kier molecular flexibility index (Phi) is 6.73. The van der Waals surface area contributed by atoms with Crippen LogP contribution in [0.15, 0.2) is 17.1 Å². The molecule has 1 aliphatic carbocycles. The molecule has 2 aliphatic rings. The van der Waals surface area contributed by atoms with Crippen molar-refractivity contribution in [3.63, 3.8) is 0 Å². The summed E-state index contributed by atoms with van der Waals surface area (Å²) in [6.07, 6.45) is 3.14. The third-order valence-corrected chi connectivity index (χ3v) is 6.81. The van der Waals surface area contributed by atoms with Crippen molar-refractivity contribution in [3.8, 4) is 0 Å². The van der Waals surface area contributed by atoms with Gasteiger partial charge in [0.25, 0.3) is 0 Å². The molecule has 1 saturated carbocycles. The van der Waals surface area contributed by atoms with E-state index in [1.165, 1.54) is 22.6 Å². The van der Waals surface area contributed by atoms with Gasteiger partial charge in [-0.3, -0.25) is 0 Å². The minimum atomic E-state index is -2.81. The first-order chi connectivity index (χ1) is 10.5. The number of aliphatic imine (C=N–C) groups is 1. The monoisotopic (exact) mass is 469 g/mol. The molecule has 5 nitrogen and oxygen atoms in total. The fourth-order valence-corrected chi connectivity index (χ4v) is 5.25. The maximum absolute atomic E-state index is 11.5. The molecule has 1 aromatic rings. The predicted octanol–water partition coefficient (Wildman–Crippen LogP) is 2.31. The topological polar surface area (TPSA) is 70.6 Å². The molecule has 0 amide bonds. The molecular formula is C15H24IN3O2S2. The van der Waals surface area contributed by atoms with Crippen LogP contribution in [0.5, 0.6) is 0 Å². The maximum Gasteiger partial charge on any atom is 0.191 e. The quantitative estimate of drug-likeness (QED) is 0.395. The van der Waals surface area contributed by atoms with Crippen LogP contribution in [0.1, 0.15) is 29.0 Å². The highest BCUT2D eigenvalue weighted by Crippen LogP contribution is 2.20. The van der Waals surface area contributed by atoms with Crippen molar-refractivity contribution < 1.29 is 8.42 Å². The molecule has 0 radical (unpaired) electrons. The lowest BCUT2D eigenvalue weighted by atomic mass is 10.1. The van der Waals surface area contributed by atoms with E-state index >= 15 is 0 Å². The highest BCUT2D eigenvalue weighted by atomic mass is 127. The first-order valence-corrected chi connectivity index (χ1v) is 10.4. The van der Waals surface area contributed by atoms with Crippen molar-refractivity contribution in [2.45, 2.75) is 38.8 Å². The van der Waals surface area contributed by atoms with Gasteiger partial charge in [-0.15, -0.1) is 35.3 Å². The number of halogens is 1. The second kappa shape index (κ2) is 8.15. The number of guanidine groups is 1. The zero-order valence-electron chi connectivity index (χ0n) is 13.2. The number of hydrogen-bond acceptors (Lipinski definition) is 4. The first-order valence-electron chi connectivity index (χ1n) is 7.81. The van der Waals surface area contributed by atoms with Gasteiger partial charge in [0, 0.05) is 22.3 Å². The molecule has 130 valence electrons. The number of sulfone groups is 1. The summed E-state index contributed by atoms with van der Waals surface area (Å²) in [5.74, 6) is 1.66. The molecule has 1 aliphatic heterocycles. The summed E-state index contributed by atoms with van der Waals surface area (Å²) in [6.45, 7) is 3.45. The van der Waals surface area contributed by atoms with Gasteiger partial charge >= 0.3 is 0 Å². The number of aryl methyl sites for hydroxylation is 1. The molecule has 0 spiro atoms. The molecule has 1 saturated heterocycles. The Morgan fingerprint density at radius 1 is 1.35 bits per heavy atom. The Morgan fingerprint density at radius 3 is 2.70 bits per heavy atom. The van der Waals surface area contributed by atoms with Gasteiger partial charge in [0.05, 0.1) is 18.1 Å². The number of rotatable bonds is 5. The SMILES string of the molecule is Cc1ccc(CN=C(NCC2CCS(=O)(=O)C2)NC2CC2)s1.I. The molecule has 2 fully saturated rings. The Hall–Kier alpha value is -0.350. The van der Waals surface area contributed by atoms with Crippen LogP contribution in [0, 0.1) is 12.8 Å². The fourth-order valence-electron chi connectivity index (χ4n) is 2.57. The van der Waals surface area contributed by atoms with Crippen molar-refractivity contribution >= 4 is 51.1 Å². The summed E-state index contributed by atoms with van der Waals surface area (Å²) in [7, 11) is -2.81. The lowest BCUT2D eigenvalue weighted by Crippen LogP contribution is -2.41. The van der Waals surface area contributed by atoms with Gasteiger partial charge in [-0.25, -0.2) is 13.4 Å². The van der Waals surface area contributed by atoms with Crippen LogP contribution < -0.4 is 10.6 Å². The number of thiophene rings is 1. The fraction of sp³-hybridized carbons (Fsp3) is 0.667. The van der Waals surface area contributed by atoms with Crippen molar-refractivity contribution in [1.82, 2.24) is 10.6 Å². The van der Waals surface area contributed by atoms with Crippen molar-refractivity contribution in [2.75, 3.05) is 18.1 Å². The molecule has 23 heavy (non-hydrogen) atoms. The Bertz CT molecular complexity index is 653. The minimum Gasteiger partial charge on any atom is -0.356 e. The summed E-state index contributed by atoms with van der Waals surface area (Å²) in [6, 6.07) is 4.76. The average molecular weight is 469 g/mol. The molecule has 3 rings (SSSR count). The van der Waals surface area contributed by atoms with Gasteiger partial charge in [0.15, 0.2) is 15.8 Å². The third kappa shape index (κ3) is 6.22. The molecule has 0 bridgehead atoms. The van der Waals surface area contributed by atoms with Crippen LogP contribution in [-0.2, 0) is 16.4 Å².